The highest BCUT2D eigenvalue weighted by Crippen LogP contribution is 2.29. The summed E-state index contributed by atoms with van der Waals surface area (Å²) in [7, 11) is -3.83. The van der Waals surface area contributed by atoms with E-state index in [0.29, 0.717) is 17.9 Å². The van der Waals surface area contributed by atoms with E-state index in [1.807, 2.05) is 86.6 Å². The summed E-state index contributed by atoms with van der Waals surface area (Å²) < 4.78 is 31.1. The average Bonchev–Trinajstić information content (AvgIpc) is 3.16. The van der Waals surface area contributed by atoms with E-state index in [4.69, 9.17) is 0 Å². The summed E-state index contributed by atoms with van der Waals surface area (Å²) in [6.07, 6.45) is 1.60. The van der Waals surface area contributed by atoms with Crippen molar-refractivity contribution < 1.29 is 8.42 Å². The lowest BCUT2D eigenvalue weighted by atomic mass is 10.1. The molecule has 1 N–H and O–H groups in total. The number of hydrogen-bond acceptors (Lipinski definition) is 3. The van der Waals surface area contributed by atoms with Gasteiger partial charge in [0.15, 0.2) is 0 Å². The maximum atomic E-state index is 13.3. The van der Waals surface area contributed by atoms with Crippen molar-refractivity contribution in [2.45, 2.75) is 25.3 Å². The van der Waals surface area contributed by atoms with Gasteiger partial charge in [0.2, 0.25) is 0 Å². The summed E-state index contributed by atoms with van der Waals surface area (Å²) in [6.45, 7) is 4.36. The van der Waals surface area contributed by atoms with Gasteiger partial charge in [0.1, 0.15) is 10.6 Å². The van der Waals surface area contributed by atoms with Gasteiger partial charge in [-0.2, -0.15) is 5.10 Å². The van der Waals surface area contributed by atoms with Crippen LogP contribution in [0, 0.1) is 13.8 Å². The second kappa shape index (κ2) is 8.16. The van der Waals surface area contributed by atoms with Gasteiger partial charge >= 0.3 is 0 Å². The molecule has 4 aromatic rings. The van der Waals surface area contributed by atoms with Gasteiger partial charge in [-0.25, -0.2) is 8.42 Å². The summed E-state index contributed by atoms with van der Waals surface area (Å²) in [5.74, 6) is 0. The highest BCUT2D eigenvalue weighted by atomic mass is 32.2. The fraction of sp³-hybridized carbons (Fsp3) is 0.125. The van der Waals surface area contributed by atoms with E-state index in [-0.39, 0.29) is 4.90 Å². The van der Waals surface area contributed by atoms with Crippen LogP contribution in [-0.4, -0.2) is 18.2 Å². The molecule has 0 fully saturated rings. The van der Waals surface area contributed by atoms with Gasteiger partial charge in [-0.3, -0.25) is 9.40 Å². The maximum Gasteiger partial charge on any atom is 0.265 e. The van der Waals surface area contributed by atoms with Crippen molar-refractivity contribution in [1.82, 2.24) is 9.78 Å². The third kappa shape index (κ3) is 4.28. The zero-order chi connectivity index (χ0) is 21.1. The van der Waals surface area contributed by atoms with E-state index >= 15 is 0 Å². The van der Waals surface area contributed by atoms with Crippen LogP contribution in [0.15, 0.2) is 90.0 Å². The van der Waals surface area contributed by atoms with Crippen LogP contribution in [-0.2, 0) is 16.6 Å². The molecule has 0 saturated heterocycles. The van der Waals surface area contributed by atoms with Crippen LogP contribution >= 0.6 is 0 Å². The van der Waals surface area contributed by atoms with E-state index < -0.39 is 10.0 Å². The van der Waals surface area contributed by atoms with Crippen molar-refractivity contribution in [2.24, 2.45) is 0 Å². The van der Waals surface area contributed by atoms with Gasteiger partial charge < -0.3 is 0 Å². The van der Waals surface area contributed by atoms with Crippen LogP contribution in [0.3, 0.4) is 0 Å². The lowest BCUT2D eigenvalue weighted by molar-refractivity contribution is 0.601. The summed E-state index contributed by atoms with van der Waals surface area (Å²) in [6, 6.07) is 24.9. The van der Waals surface area contributed by atoms with E-state index in [0.717, 1.165) is 22.3 Å². The van der Waals surface area contributed by atoms with Gasteiger partial charge in [-0.15, -0.1) is 0 Å². The summed E-state index contributed by atoms with van der Waals surface area (Å²) in [5, 5.41) is 4.62. The Hall–Kier alpha value is -3.38. The maximum absolute atomic E-state index is 13.3. The van der Waals surface area contributed by atoms with E-state index in [1.165, 1.54) is 0 Å². The first-order valence-corrected chi connectivity index (χ1v) is 11.2. The fourth-order valence-corrected chi connectivity index (χ4v) is 4.68. The fourth-order valence-electron chi connectivity index (χ4n) is 3.38. The number of anilines is 1. The molecule has 30 heavy (non-hydrogen) atoms. The highest BCUT2D eigenvalue weighted by Gasteiger charge is 2.24. The second-order valence-electron chi connectivity index (χ2n) is 7.32. The monoisotopic (exact) mass is 417 g/mol. The van der Waals surface area contributed by atoms with Crippen molar-refractivity contribution in [3.05, 3.63) is 102 Å². The standard InChI is InChI=1S/C24H23N3O2S/c1-18-13-14-22(19(2)15-18)26-30(28,29)23-17-27(16-20-9-5-3-6-10-20)25-24(23)21-11-7-4-8-12-21/h3-15,17,26H,16H2,1-2H3. The van der Waals surface area contributed by atoms with Crippen LogP contribution in [0.5, 0.6) is 0 Å². The molecular formula is C24H23N3O2S. The first-order valence-electron chi connectivity index (χ1n) is 9.69. The molecule has 0 aliphatic carbocycles. The molecule has 0 bridgehead atoms. The van der Waals surface area contributed by atoms with Crippen molar-refractivity contribution in [3.63, 3.8) is 0 Å². The molecule has 0 unspecified atom stereocenters. The number of nitrogens with zero attached hydrogens (tertiary/aromatic N) is 2. The second-order valence-corrected chi connectivity index (χ2v) is 8.97. The highest BCUT2D eigenvalue weighted by molar-refractivity contribution is 7.92. The summed E-state index contributed by atoms with van der Waals surface area (Å²) >= 11 is 0. The minimum absolute atomic E-state index is 0.157. The van der Waals surface area contributed by atoms with Crippen LogP contribution in [0.1, 0.15) is 16.7 Å². The molecule has 0 atom stereocenters. The molecule has 6 heteroatoms. The molecule has 0 spiro atoms. The Labute approximate surface area is 177 Å². The van der Waals surface area contributed by atoms with Gasteiger partial charge in [-0.05, 0) is 31.0 Å². The summed E-state index contributed by atoms with van der Waals surface area (Å²) in [4.78, 5) is 0.157. The van der Waals surface area contributed by atoms with Crippen LogP contribution in [0.25, 0.3) is 11.3 Å². The molecule has 152 valence electrons. The Morgan fingerprint density at radius 3 is 2.23 bits per heavy atom. The molecule has 0 amide bonds. The number of rotatable bonds is 6. The molecule has 0 aliphatic heterocycles. The minimum Gasteiger partial charge on any atom is -0.279 e. The molecule has 3 aromatic carbocycles. The predicted molar refractivity (Wildman–Crippen MR) is 120 cm³/mol. The molecule has 0 radical (unpaired) electrons. The molecular weight excluding hydrogens is 394 g/mol. The van der Waals surface area contributed by atoms with E-state index in [1.54, 1.807) is 16.9 Å². The molecule has 1 heterocycles. The Bertz CT molecular complexity index is 1260. The van der Waals surface area contributed by atoms with E-state index in [2.05, 4.69) is 9.82 Å². The average molecular weight is 418 g/mol. The predicted octanol–water partition coefficient (Wildman–Crippen LogP) is 5.02. The van der Waals surface area contributed by atoms with E-state index in [9.17, 15) is 8.42 Å². The minimum atomic E-state index is -3.83. The van der Waals surface area contributed by atoms with Gasteiger partial charge in [0.05, 0.1) is 12.2 Å². The quantitative estimate of drug-likeness (QED) is 0.479. The van der Waals surface area contributed by atoms with Crippen molar-refractivity contribution in [2.75, 3.05) is 4.72 Å². The molecule has 5 nitrogen and oxygen atoms in total. The Balaban J connectivity index is 1.76. The largest absolute Gasteiger partial charge is 0.279 e. The number of aromatic nitrogens is 2. The smallest absolute Gasteiger partial charge is 0.265 e. The molecule has 0 aliphatic rings. The molecule has 4 rings (SSSR count). The number of nitrogens with one attached hydrogen (secondary N) is 1. The normalized spacial score (nSPS) is 11.4. The zero-order valence-corrected chi connectivity index (χ0v) is 17.7. The van der Waals surface area contributed by atoms with Crippen LogP contribution < -0.4 is 4.72 Å². The van der Waals surface area contributed by atoms with Crippen molar-refractivity contribution in [3.8, 4) is 11.3 Å². The van der Waals surface area contributed by atoms with Gasteiger partial charge in [0, 0.05) is 11.8 Å². The number of aryl methyl sites for hydroxylation is 2. The number of benzene rings is 3. The van der Waals surface area contributed by atoms with Gasteiger partial charge in [-0.1, -0.05) is 78.4 Å². The first-order chi connectivity index (χ1) is 14.4. The zero-order valence-electron chi connectivity index (χ0n) is 16.9. The Morgan fingerprint density at radius 1 is 0.900 bits per heavy atom. The topological polar surface area (TPSA) is 64.0 Å². The van der Waals surface area contributed by atoms with Crippen molar-refractivity contribution in [1.29, 1.82) is 0 Å². The molecule has 1 aromatic heterocycles. The Kier molecular flexibility index (Phi) is 5.42. The van der Waals surface area contributed by atoms with Crippen molar-refractivity contribution >= 4 is 15.7 Å². The molecule has 0 saturated carbocycles. The lowest BCUT2D eigenvalue weighted by Gasteiger charge is -2.11. The third-order valence-electron chi connectivity index (χ3n) is 4.88. The SMILES string of the molecule is Cc1ccc(NS(=O)(=O)c2cn(Cc3ccccc3)nc2-c2ccccc2)c(C)c1. The Morgan fingerprint density at radius 2 is 1.57 bits per heavy atom. The number of sulfonamides is 1. The number of hydrogen-bond donors (Lipinski definition) is 1. The van der Waals surface area contributed by atoms with Gasteiger partial charge in [0.25, 0.3) is 10.0 Å². The van der Waals surface area contributed by atoms with Crippen LogP contribution in [0.4, 0.5) is 5.69 Å². The third-order valence-corrected chi connectivity index (χ3v) is 6.24. The first kappa shape index (κ1) is 19.9. The summed E-state index contributed by atoms with van der Waals surface area (Å²) in [5.41, 5.74) is 4.75. The lowest BCUT2D eigenvalue weighted by Crippen LogP contribution is -2.14. The van der Waals surface area contributed by atoms with Crippen LogP contribution in [0.2, 0.25) is 0 Å².